The summed E-state index contributed by atoms with van der Waals surface area (Å²) in [6, 6.07) is 3.86. The van der Waals surface area contributed by atoms with Gasteiger partial charge in [0.2, 0.25) is 0 Å². The van der Waals surface area contributed by atoms with E-state index in [1.165, 1.54) is 25.9 Å². The molecule has 3 rings (SSSR count). The molecule has 0 spiro atoms. The van der Waals surface area contributed by atoms with Crippen molar-refractivity contribution in [1.29, 1.82) is 0 Å². The van der Waals surface area contributed by atoms with Crippen LogP contribution in [0.2, 0.25) is 0 Å². The first kappa shape index (κ1) is 13.4. The van der Waals surface area contributed by atoms with Gasteiger partial charge in [-0.2, -0.15) is 5.10 Å². The fraction of sp³-hybridized carbons (Fsp3) is 0.600. The molecule has 1 saturated heterocycles. The largest absolute Gasteiger partial charge is 0.493 e. The first-order valence-electron chi connectivity index (χ1n) is 7.40. The minimum atomic E-state index is 0.673. The summed E-state index contributed by atoms with van der Waals surface area (Å²) in [4.78, 5) is 7.16. The highest BCUT2D eigenvalue weighted by Crippen LogP contribution is 2.21. The van der Waals surface area contributed by atoms with Crippen LogP contribution in [-0.2, 0) is 6.42 Å². The molecule has 0 aliphatic carbocycles. The van der Waals surface area contributed by atoms with Crippen molar-refractivity contribution in [3.05, 3.63) is 24.2 Å². The molecule has 0 N–H and O–H groups in total. The van der Waals surface area contributed by atoms with Gasteiger partial charge in [0.1, 0.15) is 0 Å². The molecule has 0 saturated carbocycles. The van der Waals surface area contributed by atoms with Gasteiger partial charge in [-0.15, -0.1) is 0 Å². The van der Waals surface area contributed by atoms with Crippen molar-refractivity contribution in [1.82, 2.24) is 19.5 Å². The fourth-order valence-corrected chi connectivity index (χ4v) is 3.04. The lowest BCUT2D eigenvalue weighted by atomic mass is 9.94. The number of rotatable bonds is 4. The Morgan fingerprint density at radius 1 is 1.45 bits per heavy atom. The third kappa shape index (κ3) is 2.63. The molecule has 108 valence electrons. The van der Waals surface area contributed by atoms with Crippen LogP contribution in [0.4, 0.5) is 0 Å². The van der Waals surface area contributed by atoms with Gasteiger partial charge in [0.15, 0.2) is 17.2 Å². The molecule has 2 aromatic rings. The van der Waals surface area contributed by atoms with Crippen LogP contribution in [-0.4, -0.2) is 46.2 Å². The Labute approximate surface area is 119 Å². The molecule has 1 atom stereocenters. The molecule has 1 unspecified atom stereocenters. The predicted molar refractivity (Wildman–Crippen MR) is 78.1 cm³/mol. The lowest BCUT2D eigenvalue weighted by Gasteiger charge is -2.31. The maximum atomic E-state index is 5.33. The van der Waals surface area contributed by atoms with Gasteiger partial charge in [-0.3, -0.25) is 0 Å². The number of nitrogens with zero attached hydrogens (tertiary/aromatic N) is 4. The number of hydrogen-bond acceptors (Lipinski definition) is 4. The summed E-state index contributed by atoms with van der Waals surface area (Å²) in [5, 5.41) is 4.57. The Hall–Kier alpha value is -1.62. The maximum Gasteiger partial charge on any atom is 0.198 e. The summed E-state index contributed by atoms with van der Waals surface area (Å²) in [7, 11) is 1.67. The number of piperidine rings is 1. The molecule has 5 nitrogen and oxygen atoms in total. The molecule has 1 aliphatic rings. The smallest absolute Gasteiger partial charge is 0.198 e. The molecule has 1 aliphatic heterocycles. The summed E-state index contributed by atoms with van der Waals surface area (Å²) >= 11 is 0. The predicted octanol–water partition coefficient (Wildman–Crippen LogP) is 2.01. The van der Waals surface area contributed by atoms with Crippen LogP contribution < -0.4 is 4.74 Å². The molecule has 5 heteroatoms. The Balaban J connectivity index is 1.77. The van der Waals surface area contributed by atoms with E-state index in [0.29, 0.717) is 5.92 Å². The topological polar surface area (TPSA) is 42.7 Å². The van der Waals surface area contributed by atoms with E-state index in [4.69, 9.17) is 4.74 Å². The second-order valence-corrected chi connectivity index (χ2v) is 5.48. The van der Waals surface area contributed by atoms with Crippen LogP contribution >= 0.6 is 0 Å². The van der Waals surface area contributed by atoms with Gasteiger partial charge < -0.3 is 9.64 Å². The number of likely N-dealkylation sites (tertiary alicyclic amines) is 1. The molecule has 1 fully saturated rings. The molecule has 3 heterocycles. The zero-order chi connectivity index (χ0) is 13.9. The highest BCUT2D eigenvalue weighted by molar-refractivity contribution is 5.52. The second-order valence-electron chi connectivity index (χ2n) is 5.48. The van der Waals surface area contributed by atoms with Crippen LogP contribution in [0.15, 0.2) is 18.3 Å². The Morgan fingerprint density at radius 3 is 3.15 bits per heavy atom. The summed E-state index contributed by atoms with van der Waals surface area (Å²) < 4.78 is 7.15. The van der Waals surface area contributed by atoms with Crippen molar-refractivity contribution in [2.24, 2.45) is 5.92 Å². The van der Waals surface area contributed by atoms with Gasteiger partial charge in [-0.05, 0) is 44.0 Å². The average molecular weight is 274 g/mol. The highest BCUT2D eigenvalue weighted by Gasteiger charge is 2.21. The van der Waals surface area contributed by atoms with E-state index in [9.17, 15) is 0 Å². The number of fused-ring (bicyclic) bond motifs is 1. The lowest BCUT2D eigenvalue weighted by Crippen LogP contribution is -2.36. The van der Waals surface area contributed by atoms with Gasteiger partial charge in [0.05, 0.1) is 7.11 Å². The van der Waals surface area contributed by atoms with Gasteiger partial charge in [-0.1, -0.05) is 6.92 Å². The minimum absolute atomic E-state index is 0.673. The van der Waals surface area contributed by atoms with Gasteiger partial charge in [-0.25, -0.2) is 9.50 Å². The van der Waals surface area contributed by atoms with E-state index in [0.717, 1.165) is 30.2 Å². The first-order chi connectivity index (χ1) is 9.80. The summed E-state index contributed by atoms with van der Waals surface area (Å²) in [6.45, 7) is 5.78. The Bertz CT molecular complexity index is 580. The van der Waals surface area contributed by atoms with Crippen molar-refractivity contribution >= 4 is 5.65 Å². The van der Waals surface area contributed by atoms with Crippen molar-refractivity contribution in [2.45, 2.75) is 26.2 Å². The average Bonchev–Trinajstić information content (AvgIpc) is 2.89. The van der Waals surface area contributed by atoms with E-state index in [2.05, 4.69) is 21.9 Å². The number of hydrogen-bond donors (Lipinski definition) is 0. The van der Waals surface area contributed by atoms with Crippen molar-refractivity contribution in [2.75, 3.05) is 26.7 Å². The molecule has 0 radical (unpaired) electrons. The molecule has 20 heavy (non-hydrogen) atoms. The van der Waals surface area contributed by atoms with E-state index in [-0.39, 0.29) is 0 Å². The van der Waals surface area contributed by atoms with Crippen molar-refractivity contribution in [3.63, 3.8) is 0 Å². The Morgan fingerprint density at radius 2 is 2.35 bits per heavy atom. The SMILES string of the molecule is CCN1CCCC(Cc2nc3c(OC)cccn3n2)C1. The number of methoxy groups -OCH3 is 1. The first-order valence-corrected chi connectivity index (χ1v) is 7.40. The van der Waals surface area contributed by atoms with Crippen LogP contribution in [0, 0.1) is 5.92 Å². The van der Waals surface area contributed by atoms with E-state index in [1.807, 2.05) is 22.8 Å². The normalized spacial score (nSPS) is 20.4. The van der Waals surface area contributed by atoms with Gasteiger partial charge >= 0.3 is 0 Å². The van der Waals surface area contributed by atoms with Crippen molar-refractivity contribution in [3.8, 4) is 5.75 Å². The molecule has 0 amide bonds. The Kier molecular flexibility index (Phi) is 3.87. The number of aromatic nitrogens is 3. The summed E-state index contributed by atoms with van der Waals surface area (Å²) in [5.41, 5.74) is 0.813. The van der Waals surface area contributed by atoms with Crippen molar-refractivity contribution < 1.29 is 4.74 Å². The van der Waals surface area contributed by atoms with Crippen LogP contribution in [0.25, 0.3) is 5.65 Å². The molecular weight excluding hydrogens is 252 g/mol. The van der Waals surface area contributed by atoms with Gasteiger partial charge in [0.25, 0.3) is 0 Å². The van der Waals surface area contributed by atoms with E-state index < -0.39 is 0 Å². The van der Waals surface area contributed by atoms with E-state index in [1.54, 1.807) is 7.11 Å². The molecule has 2 aromatic heterocycles. The second kappa shape index (κ2) is 5.79. The standard InChI is InChI=1S/C15H22N4O/c1-3-18-8-4-6-12(11-18)10-14-16-15-13(20-2)7-5-9-19(15)17-14/h5,7,9,12H,3-4,6,8,10-11H2,1-2H3. The number of pyridine rings is 1. The van der Waals surface area contributed by atoms with Gasteiger partial charge in [0, 0.05) is 19.2 Å². The minimum Gasteiger partial charge on any atom is -0.493 e. The number of ether oxygens (including phenoxy) is 1. The summed E-state index contributed by atoms with van der Waals surface area (Å²) in [5.74, 6) is 2.38. The zero-order valence-electron chi connectivity index (χ0n) is 12.2. The molecular formula is C15H22N4O. The summed E-state index contributed by atoms with van der Waals surface area (Å²) in [6.07, 6.45) is 5.45. The fourth-order valence-electron chi connectivity index (χ4n) is 3.04. The monoisotopic (exact) mass is 274 g/mol. The maximum absolute atomic E-state index is 5.33. The van der Waals surface area contributed by atoms with Crippen LogP contribution in [0.5, 0.6) is 5.75 Å². The molecule has 0 bridgehead atoms. The van der Waals surface area contributed by atoms with Crippen LogP contribution in [0.3, 0.4) is 0 Å². The third-order valence-corrected chi connectivity index (χ3v) is 4.11. The third-order valence-electron chi connectivity index (χ3n) is 4.11. The molecule has 0 aromatic carbocycles. The highest BCUT2D eigenvalue weighted by atomic mass is 16.5. The quantitative estimate of drug-likeness (QED) is 0.855. The van der Waals surface area contributed by atoms with E-state index >= 15 is 0 Å². The zero-order valence-corrected chi connectivity index (χ0v) is 12.2. The lowest BCUT2D eigenvalue weighted by molar-refractivity contribution is 0.181. The van der Waals surface area contributed by atoms with Crippen LogP contribution in [0.1, 0.15) is 25.6 Å².